The van der Waals surface area contributed by atoms with Crippen LogP contribution in [0, 0.1) is 17.7 Å². The lowest BCUT2D eigenvalue weighted by atomic mass is 9.73. The number of nitrogens with zero attached hydrogens (tertiary/aromatic N) is 1. The summed E-state index contributed by atoms with van der Waals surface area (Å²) in [5.74, 6) is -1.46. The molecule has 1 saturated carbocycles. The molecule has 1 aliphatic rings. The van der Waals surface area contributed by atoms with Crippen LogP contribution in [0.5, 0.6) is 0 Å². The topological polar surface area (TPSA) is 42.0 Å². The number of aromatic nitrogens is 1. The molecule has 1 amide bonds. The molecule has 1 N–H and O–H groups in total. The molecule has 0 radical (unpaired) electrons. The molecule has 1 atom stereocenters. The maximum absolute atomic E-state index is 13.8. The number of nitrogens with one attached hydrogen (secondary N) is 1. The SMILES string of the molecule is C[C@@H](C(=O)Nc1ccc(C(F)(F)F)c(F)c1)[C@H]1CC[C@H](c2ccnc3ccccc32)CC1. The Kier molecular flexibility index (Phi) is 6.17. The van der Waals surface area contributed by atoms with Crippen LogP contribution in [0.3, 0.4) is 0 Å². The van der Waals surface area contributed by atoms with Gasteiger partial charge in [-0.1, -0.05) is 25.1 Å². The molecule has 7 heteroatoms. The second kappa shape index (κ2) is 8.88. The summed E-state index contributed by atoms with van der Waals surface area (Å²) in [6, 6.07) is 12.6. The highest BCUT2D eigenvalue weighted by molar-refractivity contribution is 5.92. The van der Waals surface area contributed by atoms with Crippen LogP contribution in [0.15, 0.2) is 54.7 Å². The van der Waals surface area contributed by atoms with Crippen LogP contribution in [0.1, 0.15) is 49.7 Å². The fourth-order valence-electron chi connectivity index (χ4n) is 4.70. The third kappa shape index (κ3) is 4.61. The predicted molar refractivity (Wildman–Crippen MR) is 116 cm³/mol. The van der Waals surface area contributed by atoms with Gasteiger partial charge in [-0.15, -0.1) is 0 Å². The Hall–Kier alpha value is -2.96. The fourth-order valence-corrected chi connectivity index (χ4v) is 4.70. The third-order valence-corrected chi connectivity index (χ3v) is 6.56. The lowest BCUT2D eigenvalue weighted by Crippen LogP contribution is -2.29. The maximum Gasteiger partial charge on any atom is 0.419 e. The van der Waals surface area contributed by atoms with E-state index < -0.39 is 17.6 Å². The first kappa shape index (κ1) is 22.2. The summed E-state index contributed by atoms with van der Waals surface area (Å²) >= 11 is 0. The van der Waals surface area contributed by atoms with E-state index in [-0.39, 0.29) is 23.4 Å². The minimum Gasteiger partial charge on any atom is -0.326 e. The number of para-hydroxylation sites is 1. The lowest BCUT2D eigenvalue weighted by molar-refractivity contribution is -0.140. The Bertz CT molecular complexity index is 1120. The zero-order chi connectivity index (χ0) is 22.9. The summed E-state index contributed by atoms with van der Waals surface area (Å²) < 4.78 is 52.0. The first-order valence-corrected chi connectivity index (χ1v) is 10.8. The van der Waals surface area contributed by atoms with E-state index >= 15 is 0 Å². The van der Waals surface area contributed by atoms with Crippen LogP contribution >= 0.6 is 0 Å². The van der Waals surface area contributed by atoms with Crippen LogP contribution in [0.25, 0.3) is 10.9 Å². The Labute approximate surface area is 183 Å². The number of pyridine rings is 1. The van der Waals surface area contributed by atoms with Gasteiger partial charge < -0.3 is 5.32 Å². The van der Waals surface area contributed by atoms with Crippen LogP contribution in [-0.2, 0) is 11.0 Å². The van der Waals surface area contributed by atoms with Crippen molar-refractivity contribution in [1.82, 2.24) is 4.98 Å². The third-order valence-electron chi connectivity index (χ3n) is 6.56. The normalized spacial score (nSPS) is 20.2. The molecule has 3 aromatic rings. The molecule has 4 rings (SSSR count). The highest BCUT2D eigenvalue weighted by atomic mass is 19.4. The van der Waals surface area contributed by atoms with Gasteiger partial charge >= 0.3 is 6.18 Å². The molecule has 32 heavy (non-hydrogen) atoms. The van der Waals surface area contributed by atoms with Crippen molar-refractivity contribution in [3.8, 4) is 0 Å². The van der Waals surface area contributed by atoms with E-state index in [0.29, 0.717) is 12.0 Å². The van der Waals surface area contributed by atoms with E-state index in [1.807, 2.05) is 31.3 Å². The number of carbonyl (C=O) groups excluding carboxylic acids is 1. The number of anilines is 1. The molecule has 1 fully saturated rings. The molecule has 1 aromatic heterocycles. The number of hydrogen-bond acceptors (Lipinski definition) is 2. The Morgan fingerprint density at radius 3 is 2.47 bits per heavy atom. The molecule has 168 valence electrons. The molecule has 1 heterocycles. The summed E-state index contributed by atoms with van der Waals surface area (Å²) in [5.41, 5.74) is 0.949. The highest BCUT2D eigenvalue weighted by Crippen LogP contribution is 2.41. The van der Waals surface area contributed by atoms with Crippen LogP contribution in [-0.4, -0.2) is 10.9 Å². The molecule has 0 aliphatic heterocycles. The quantitative estimate of drug-likeness (QED) is 0.443. The average molecular weight is 444 g/mol. The van der Waals surface area contributed by atoms with Gasteiger partial charge in [-0.05, 0) is 73.4 Å². The maximum atomic E-state index is 13.8. The zero-order valence-electron chi connectivity index (χ0n) is 17.6. The summed E-state index contributed by atoms with van der Waals surface area (Å²) in [6.07, 6.45) is 0.715. The van der Waals surface area contributed by atoms with Crippen LogP contribution in [0.2, 0.25) is 0 Å². The van der Waals surface area contributed by atoms with Gasteiger partial charge in [0, 0.05) is 23.2 Å². The second-order valence-electron chi connectivity index (χ2n) is 8.50. The van der Waals surface area contributed by atoms with Gasteiger partial charge in [0.1, 0.15) is 5.82 Å². The first-order chi connectivity index (χ1) is 15.2. The van der Waals surface area contributed by atoms with Gasteiger partial charge in [0.15, 0.2) is 0 Å². The molecule has 0 unspecified atom stereocenters. The minimum atomic E-state index is -4.77. The Morgan fingerprint density at radius 2 is 1.78 bits per heavy atom. The Morgan fingerprint density at radius 1 is 1.06 bits per heavy atom. The number of carbonyl (C=O) groups is 1. The van der Waals surface area contributed by atoms with Crippen molar-refractivity contribution < 1.29 is 22.4 Å². The molecule has 3 nitrogen and oxygen atoms in total. The van der Waals surface area contributed by atoms with Gasteiger partial charge in [-0.3, -0.25) is 9.78 Å². The average Bonchev–Trinajstić information content (AvgIpc) is 2.77. The van der Waals surface area contributed by atoms with Gasteiger partial charge in [0.25, 0.3) is 0 Å². The number of benzene rings is 2. The monoisotopic (exact) mass is 444 g/mol. The van der Waals surface area contributed by atoms with Gasteiger partial charge in [0.2, 0.25) is 5.91 Å². The number of fused-ring (bicyclic) bond motifs is 1. The van der Waals surface area contributed by atoms with Crippen molar-refractivity contribution in [2.75, 3.05) is 5.32 Å². The summed E-state index contributed by atoms with van der Waals surface area (Å²) in [4.78, 5) is 17.1. The molecular formula is C25H24F4N2O. The first-order valence-electron chi connectivity index (χ1n) is 10.8. The number of halogens is 4. The van der Waals surface area contributed by atoms with E-state index in [9.17, 15) is 22.4 Å². The number of hydrogen-bond donors (Lipinski definition) is 1. The van der Waals surface area contributed by atoms with Crippen LogP contribution < -0.4 is 5.32 Å². The fraction of sp³-hybridized carbons (Fsp3) is 0.360. The standard InChI is InChI=1S/C25H24F4N2O/c1-15(24(32)31-18-10-11-21(22(26)14-18)25(27,28)29)16-6-8-17(9-7-16)19-12-13-30-23-5-3-2-4-20(19)23/h2-5,10-17H,6-9H2,1H3,(H,31,32)/t15-,16-,17-/m1/s1. The molecule has 0 saturated heterocycles. The number of alkyl halides is 3. The second-order valence-corrected chi connectivity index (χ2v) is 8.50. The summed E-state index contributed by atoms with van der Waals surface area (Å²) in [7, 11) is 0. The molecular weight excluding hydrogens is 420 g/mol. The van der Waals surface area contributed by atoms with Crippen molar-refractivity contribution >= 4 is 22.5 Å². The lowest BCUT2D eigenvalue weighted by Gasteiger charge is -2.32. The van der Waals surface area contributed by atoms with E-state index in [1.54, 1.807) is 0 Å². The zero-order valence-corrected chi connectivity index (χ0v) is 17.6. The Balaban J connectivity index is 1.38. The van der Waals surface area contributed by atoms with Gasteiger partial charge in [-0.25, -0.2) is 4.39 Å². The van der Waals surface area contributed by atoms with Crippen molar-refractivity contribution in [3.05, 3.63) is 71.7 Å². The van der Waals surface area contributed by atoms with Crippen molar-refractivity contribution in [1.29, 1.82) is 0 Å². The van der Waals surface area contributed by atoms with Gasteiger partial charge in [-0.2, -0.15) is 13.2 Å². The van der Waals surface area contributed by atoms with Crippen molar-refractivity contribution in [2.45, 2.75) is 44.7 Å². The van der Waals surface area contributed by atoms with E-state index in [4.69, 9.17) is 0 Å². The van der Waals surface area contributed by atoms with Crippen molar-refractivity contribution in [3.63, 3.8) is 0 Å². The number of rotatable bonds is 4. The summed E-state index contributed by atoms with van der Waals surface area (Å²) in [5, 5.41) is 3.73. The van der Waals surface area contributed by atoms with Gasteiger partial charge in [0.05, 0.1) is 11.1 Å². The molecule has 0 spiro atoms. The van der Waals surface area contributed by atoms with E-state index in [2.05, 4.69) is 22.4 Å². The molecule has 1 aliphatic carbocycles. The predicted octanol–water partition coefficient (Wildman–Crippen LogP) is 6.94. The van der Waals surface area contributed by atoms with Crippen LogP contribution in [0.4, 0.5) is 23.2 Å². The summed E-state index contributed by atoms with van der Waals surface area (Å²) in [6.45, 7) is 1.82. The molecule has 0 bridgehead atoms. The van der Waals surface area contributed by atoms with E-state index in [0.717, 1.165) is 48.7 Å². The smallest absolute Gasteiger partial charge is 0.326 e. The van der Waals surface area contributed by atoms with Crippen molar-refractivity contribution in [2.24, 2.45) is 11.8 Å². The number of amides is 1. The largest absolute Gasteiger partial charge is 0.419 e. The minimum absolute atomic E-state index is 0.0318. The van der Waals surface area contributed by atoms with E-state index in [1.165, 1.54) is 5.56 Å². The molecule has 2 aromatic carbocycles. The highest BCUT2D eigenvalue weighted by Gasteiger charge is 2.34.